The molecule has 7 heteroatoms. The first-order valence-electron chi connectivity index (χ1n) is 9.47. The summed E-state index contributed by atoms with van der Waals surface area (Å²) in [4.78, 5) is 11.8. The van der Waals surface area contributed by atoms with Gasteiger partial charge in [-0.05, 0) is 17.7 Å². The first-order valence-corrected chi connectivity index (χ1v) is 11.6. The third kappa shape index (κ3) is 4.96. The van der Waals surface area contributed by atoms with Gasteiger partial charge in [-0.1, -0.05) is 30.3 Å². The van der Waals surface area contributed by atoms with Crippen LogP contribution in [0.1, 0.15) is 12.0 Å². The molecule has 144 valence electrons. The fourth-order valence-corrected chi connectivity index (χ4v) is 5.91. The highest BCUT2D eigenvalue weighted by Crippen LogP contribution is 2.34. The molecule has 4 rings (SSSR count). The van der Waals surface area contributed by atoms with Crippen LogP contribution in [0, 0.1) is 0 Å². The molecule has 1 aromatic carbocycles. The van der Waals surface area contributed by atoms with E-state index < -0.39 is 0 Å². The van der Waals surface area contributed by atoms with Gasteiger partial charge in [0.15, 0.2) is 0 Å². The maximum atomic E-state index is 5.55. The summed E-state index contributed by atoms with van der Waals surface area (Å²) in [5, 5.41) is 4.54. The number of aromatic nitrogens is 2. The topological polar surface area (TPSA) is 50.3 Å². The van der Waals surface area contributed by atoms with Gasteiger partial charge in [0.1, 0.15) is 10.8 Å². The summed E-state index contributed by atoms with van der Waals surface area (Å²) >= 11 is 3.78. The van der Waals surface area contributed by atoms with E-state index in [-0.39, 0.29) is 5.54 Å². The second-order valence-corrected chi connectivity index (χ2v) is 9.10. The fourth-order valence-electron chi connectivity index (χ4n) is 3.62. The SMILES string of the molecule is c1ccc(CSc2cncc(NCC3(N4CCOCC4)CCSC3)n2)cc1. The second kappa shape index (κ2) is 9.28. The molecule has 1 unspecified atom stereocenters. The Balaban J connectivity index is 1.37. The van der Waals surface area contributed by atoms with Crippen LogP contribution in [0.5, 0.6) is 0 Å². The Labute approximate surface area is 169 Å². The number of nitrogens with one attached hydrogen (secondary N) is 1. The van der Waals surface area contributed by atoms with Gasteiger partial charge in [-0.2, -0.15) is 11.8 Å². The average molecular weight is 403 g/mol. The Morgan fingerprint density at radius 2 is 2.04 bits per heavy atom. The van der Waals surface area contributed by atoms with Crippen molar-refractivity contribution >= 4 is 29.3 Å². The van der Waals surface area contributed by atoms with Crippen molar-refractivity contribution < 1.29 is 4.74 Å². The van der Waals surface area contributed by atoms with Crippen molar-refractivity contribution in [1.29, 1.82) is 0 Å². The largest absolute Gasteiger partial charge is 0.379 e. The van der Waals surface area contributed by atoms with Crippen LogP contribution in [0.4, 0.5) is 5.82 Å². The zero-order chi connectivity index (χ0) is 18.4. The van der Waals surface area contributed by atoms with Crippen LogP contribution < -0.4 is 5.32 Å². The average Bonchev–Trinajstić information content (AvgIpc) is 3.23. The summed E-state index contributed by atoms with van der Waals surface area (Å²) < 4.78 is 5.55. The van der Waals surface area contributed by atoms with Crippen LogP contribution in [-0.4, -0.2) is 64.8 Å². The van der Waals surface area contributed by atoms with Crippen molar-refractivity contribution in [2.75, 3.05) is 49.7 Å². The molecule has 2 aliphatic heterocycles. The maximum absolute atomic E-state index is 5.55. The van der Waals surface area contributed by atoms with Gasteiger partial charge in [0.25, 0.3) is 0 Å². The number of ether oxygens (including phenoxy) is 1. The third-order valence-electron chi connectivity index (χ3n) is 5.20. The quantitative estimate of drug-likeness (QED) is 0.713. The van der Waals surface area contributed by atoms with Gasteiger partial charge in [0.2, 0.25) is 0 Å². The van der Waals surface area contributed by atoms with Crippen LogP contribution in [0.3, 0.4) is 0 Å². The predicted octanol–water partition coefficient (Wildman–Crippen LogP) is 3.39. The summed E-state index contributed by atoms with van der Waals surface area (Å²) in [5.41, 5.74) is 1.51. The lowest BCUT2D eigenvalue weighted by atomic mass is 9.95. The lowest BCUT2D eigenvalue weighted by Gasteiger charge is -2.43. The molecular weight excluding hydrogens is 376 g/mol. The van der Waals surface area contributed by atoms with Gasteiger partial charge in [0, 0.05) is 36.7 Å². The predicted molar refractivity (Wildman–Crippen MR) is 114 cm³/mol. The summed E-state index contributed by atoms with van der Waals surface area (Å²) in [5.74, 6) is 4.19. The van der Waals surface area contributed by atoms with Gasteiger partial charge >= 0.3 is 0 Å². The number of nitrogens with zero attached hydrogens (tertiary/aromatic N) is 3. The molecule has 1 aromatic heterocycles. The summed E-state index contributed by atoms with van der Waals surface area (Å²) in [6, 6.07) is 10.5. The van der Waals surface area contributed by atoms with Crippen LogP contribution in [0.2, 0.25) is 0 Å². The second-order valence-electron chi connectivity index (χ2n) is 7.00. The summed E-state index contributed by atoms with van der Waals surface area (Å²) in [6.45, 7) is 4.67. The van der Waals surface area contributed by atoms with E-state index in [0.29, 0.717) is 0 Å². The third-order valence-corrected chi connectivity index (χ3v) is 7.41. The molecule has 3 heterocycles. The van der Waals surface area contributed by atoms with Crippen LogP contribution >= 0.6 is 23.5 Å². The molecule has 2 fully saturated rings. The Hall–Kier alpha value is -1.28. The monoisotopic (exact) mass is 402 g/mol. The molecule has 2 saturated heterocycles. The molecule has 2 aromatic rings. The van der Waals surface area contributed by atoms with Gasteiger partial charge < -0.3 is 10.1 Å². The van der Waals surface area contributed by atoms with E-state index in [0.717, 1.165) is 49.4 Å². The number of rotatable bonds is 7. The summed E-state index contributed by atoms with van der Waals surface area (Å²) in [6.07, 6.45) is 4.91. The number of benzene rings is 1. The van der Waals surface area contributed by atoms with Crippen molar-refractivity contribution in [3.63, 3.8) is 0 Å². The number of thioether (sulfide) groups is 2. The molecule has 5 nitrogen and oxygen atoms in total. The maximum Gasteiger partial charge on any atom is 0.145 e. The smallest absolute Gasteiger partial charge is 0.145 e. The fraction of sp³-hybridized carbons (Fsp3) is 0.500. The van der Waals surface area contributed by atoms with Crippen molar-refractivity contribution in [2.24, 2.45) is 0 Å². The Morgan fingerprint density at radius 1 is 1.19 bits per heavy atom. The minimum atomic E-state index is 0.212. The molecule has 0 saturated carbocycles. The van der Waals surface area contributed by atoms with Crippen LogP contribution in [0.25, 0.3) is 0 Å². The molecule has 1 N–H and O–H groups in total. The zero-order valence-corrected chi connectivity index (χ0v) is 17.1. The molecule has 0 spiro atoms. The molecule has 0 radical (unpaired) electrons. The molecular formula is C20H26N4OS2. The highest BCUT2D eigenvalue weighted by atomic mass is 32.2. The molecule has 2 aliphatic rings. The van der Waals surface area contributed by atoms with Crippen LogP contribution in [0.15, 0.2) is 47.8 Å². The Morgan fingerprint density at radius 3 is 2.81 bits per heavy atom. The van der Waals surface area contributed by atoms with Gasteiger partial charge in [-0.25, -0.2) is 4.98 Å². The normalized spacial score (nSPS) is 23.4. The van der Waals surface area contributed by atoms with Crippen molar-refractivity contribution in [3.05, 3.63) is 48.3 Å². The highest BCUT2D eigenvalue weighted by Gasteiger charge is 2.40. The summed E-state index contributed by atoms with van der Waals surface area (Å²) in [7, 11) is 0. The highest BCUT2D eigenvalue weighted by molar-refractivity contribution is 7.99. The number of anilines is 1. The zero-order valence-electron chi connectivity index (χ0n) is 15.5. The number of hydrogen-bond donors (Lipinski definition) is 1. The number of hydrogen-bond acceptors (Lipinski definition) is 7. The lowest BCUT2D eigenvalue weighted by Crippen LogP contribution is -2.57. The Kier molecular flexibility index (Phi) is 6.55. The van der Waals surface area contributed by atoms with E-state index in [4.69, 9.17) is 9.72 Å². The van der Waals surface area contributed by atoms with Crippen molar-refractivity contribution in [3.8, 4) is 0 Å². The molecule has 27 heavy (non-hydrogen) atoms. The Bertz CT molecular complexity index is 719. The van der Waals surface area contributed by atoms with E-state index in [1.165, 1.54) is 23.5 Å². The van der Waals surface area contributed by atoms with E-state index in [9.17, 15) is 0 Å². The first-order chi connectivity index (χ1) is 13.3. The van der Waals surface area contributed by atoms with Gasteiger partial charge in [0.05, 0.1) is 25.6 Å². The molecule has 0 amide bonds. The van der Waals surface area contributed by atoms with E-state index >= 15 is 0 Å². The van der Waals surface area contributed by atoms with Gasteiger partial charge in [-0.3, -0.25) is 9.88 Å². The van der Waals surface area contributed by atoms with Crippen molar-refractivity contribution in [1.82, 2.24) is 14.9 Å². The standard InChI is InChI=1S/C20H26N4OS2/c1-2-4-17(5-3-1)14-27-19-13-21-12-18(23-19)22-15-20(6-11-26-16-20)24-7-9-25-10-8-24/h1-5,12-13H,6-11,14-16H2,(H,22,23). The minimum absolute atomic E-state index is 0.212. The minimum Gasteiger partial charge on any atom is -0.379 e. The van der Waals surface area contributed by atoms with Crippen LogP contribution in [-0.2, 0) is 10.5 Å². The molecule has 1 atom stereocenters. The van der Waals surface area contributed by atoms with E-state index in [1.807, 2.05) is 18.5 Å². The lowest BCUT2D eigenvalue weighted by molar-refractivity contribution is -0.00923. The first kappa shape index (κ1) is 19.1. The molecule has 0 aliphatic carbocycles. The van der Waals surface area contributed by atoms with E-state index in [1.54, 1.807) is 11.8 Å². The number of morpholine rings is 1. The van der Waals surface area contributed by atoms with Gasteiger partial charge in [-0.15, -0.1) is 11.8 Å². The molecule has 0 bridgehead atoms. The van der Waals surface area contributed by atoms with Crippen molar-refractivity contribution in [2.45, 2.75) is 22.7 Å². The van der Waals surface area contributed by atoms with E-state index in [2.05, 4.69) is 51.2 Å².